The molecule has 1 aromatic rings. The van der Waals surface area contributed by atoms with Crippen molar-refractivity contribution >= 4 is 18.1 Å². The maximum absolute atomic E-state index is 13.2. The Bertz CT molecular complexity index is 932. The molecule has 246 valence electrons. The van der Waals surface area contributed by atoms with E-state index in [1.807, 2.05) is 11.0 Å². The maximum Gasteiger partial charge on any atom is 0.254 e. The smallest absolute Gasteiger partial charge is 0.254 e. The fraction of sp³-hybridized carbons (Fsp3) is 0.727. The first kappa shape index (κ1) is 38.3. The summed E-state index contributed by atoms with van der Waals surface area (Å²) in [4.78, 5) is 39.8. The number of aldehydes is 1. The van der Waals surface area contributed by atoms with Crippen LogP contribution in [0.3, 0.4) is 0 Å². The summed E-state index contributed by atoms with van der Waals surface area (Å²) in [7, 11) is 8.89. The van der Waals surface area contributed by atoms with E-state index in [0.717, 1.165) is 44.7 Å². The highest BCUT2D eigenvalue weighted by molar-refractivity contribution is 5.95. The molecule has 1 heterocycles. The quantitative estimate of drug-likeness (QED) is 0.234. The number of methoxy groups -OCH3 is 2. The third-order valence-electron chi connectivity index (χ3n) is 7.50. The normalized spacial score (nSPS) is 15.9. The van der Waals surface area contributed by atoms with Crippen molar-refractivity contribution in [2.75, 3.05) is 68.2 Å². The lowest BCUT2D eigenvalue weighted by Gasteiger charge is -2.37. The summed E-state index contributed by atoms with van der Waals surface area (Å²) in [6.45, 7) is 10.6. The molecule has 3 rings (SSSR count). The summed E-state index contributed by atoms with van der Waals surface area (Å²) in [5, 5.41) is 3.40. The van der Waals surface area contributed by atoms with Gasteiger partial charge in [0, 0.05) is 77.3 Å². The Kier molecular flexibility index (Phi) is 19.5. The predicted octanol–water partition coefficient (Wildman–Crippen LogP) is 4.26. The van der Waals surface area contributed by atoms with Gasteiger partial charge in [0.1, 0.15) is 6.29 Å². The summed E-state index contributed by atoms with van der Waals surface area (Å²) in [5.41, 5.74) is 0.631. The fourth-order valence-electron chi connectivity index (χ4n) is 4.68. The zero-order valence-corrected chi connectivity index (χ0v) is 28.0. The molecule has 10 nitrogen and oxygen atoms in total. The molecular formula is C33H58N4O6. The third kappa shape index (κ3) is 15.0. The predicted molar refractivity (Wildman–Crippen MR) is 172 cm³/mol. The molecule has 10 heteroatoms. The van der Waals surface area contributed by atoms with Crippen LogP contribution in [-0.4, -0.2) is 119 Å². The lowest BCUT2D eigenvalue weighted by Crippen LogP contribution is -2.51. The number of hydrogen-bond acceptors (Lipinski definition) is 8. The number of nitrogens with one attached hydrogen (secondary N) is 1. The van der Waals surface area contributed by atoms with Crippen LogP contribution in [0.15, 0.2) is 18.2 Å². The minimum atomic E-state index is 0.0399. The second kappa shape index (κ2) is 21.9. The van der Waals surface area contributed by atoms with E-state index >= 15 is 0 Å². The SMILES string of the molecule is CCN(C)C1CC1.CN(C)C(=O)CCCC=O.COCCCOc1cc(C(=O)N(C(C)C)[C@@H]2CCCNC2)ccc1OC. The zero-order valence-electron chi connectivity index (χ0n) is 28.0. The summed E-state index contributed by atoms with van der Waals surface area (Å²) in [5.74, 6) is 1.36. The number of nitrogens with zero attached hydrogens (tertiary/aromatic N) is 3. The van der Waals surface area contributed by atoms with E-state index in [9.17, 15) is 14.4 Å². The van der Waals surface area contributed by atoms with Crippen molar-refractivity contribution in [1.82, 2.24) is 20.0 Å². The number of benzene rings is 1. The molecule has 43 heavy (non-hydrogen) atoms. The van der Waals surface area contributed by atoms with E-state index in [4.69, 9.17) is 14.2 Å². The number of unbranched alkanes of at least 4 members (excludes halogenated alkanes) is 1. The molecule has 1 aliphatic heterocycles. The topological polar surface area (TPSA) is 101 Å². The van der Waals surface area contributed by atoms with Crippen LogP contribution < -0.4 is 14.8 Å². The Balaban J connectivity index is 0.000000442. The molecular weight excluding hydrogens is 548 g/mol. The van der Waals surface area contributed by atoms with Gasteiger partial charge in [-0.3, -0.25) is 9.59 Å². The maximum atomic E-state index is 13.2. The van der Waals surface area contributed by atoms with Crippen LogP contribution in [0.5, 0.6) is 11.5 Å². The molecule has 0 aromatic heterocycles. The van der Waals surface area contributed by atoms with Crippen molar-refractivity contribution in [3.63, 3.8) is 0 Å². The average molecular weight is 607 g/mol. The van der Waals surface area contributed by atoms with Crippen LogP contribution in [0.25, 0.3) is 0 Å². The Morgan fingerprint density at radius 3 is 2.23 bits per heavy atom. The van der Waals surface area contributed by atoms with Gasteiger partial charge in [0.2, 0.25) is 5.91 Å². The number of rotatable bonds is 15. The van der Waals surface area contributed by atoms with E-state index in [2.05, 4.69) is 38.0 Å². The molecule has 1 N–H and O–H groups in total. The van der Waals surface area contributed by atoms with Crippen molar-refractivity contribution < 1.29 is 28.6 Å². The van der Waals surface area contributed by atoms with Crippen LogP contribution in [0.4, 0.5) is 0 Å². The number of carbonyl (C=O) groups excluding carboxylic acids is 3. The molecule has 0 unspecified atom stereocenters. The second-order valence-electron chi connectivity index (χ2n) is 11.5. The standard InChI is InChI=1S/C20H32N2O4.C7H13NO2.C6H13N/c1-15(2)22(17-7-5-10-21-14-17)20(23)16-8-9-18(25-4)19(13-16)26-12-6-11-24-3;1-8(2)7(10)5-3-4-6-9;1-3-7(2)6-4-5-6/h8-9,13,15,17,21H,5-7,10-12,14H2,1-4H3;6H,3-5H2,1-2H3;6H,3-5H2,1-2H3/t17-;;/m1../s1. The van der Waals surface area contributed by atoms with E-state index in [1.54, 1.807) is 40.4 Å². The minimum absolute atomic E-state index is 0.0399. The molecule has 0 spiro atoms. The minimum Gasteiger partial charge on any atom is -0.493 e. The van der Waals surface area contributed by atoms with Gasteiger partial charge in [0.25, 0.3) is 5.91 Å². The summed E-state index contributed by atoms with van der Waals surface area (Å²) >= 11 is 0. The van der Waals surface area contributed by atoms with Crippen molar-refractivity contribution in [2.45, 2.75) is 90.3 Å². The van der Waals surface area contributed by atoms with Crippen LogP contribution in [0, 0.1) is 0 Å². The highest BCUT2D eigenvalue weighted by Crippen LogP contribution is 2.30. The molecule has 1 saturated carbocycles. The van der Waals surface area contributed by atoms with E-state index in [1.165, 1.54) is 24.3 Å². The Morgan fingerprint density at radius 2 is 1.74 bits per heavy atom. The van der Waals surface area contributed by atoms with Gasteiger partial charge in [0.05, 0.1) is 13.7 Å². The fourth-order valence-corrected chi connectivity index (χ4v) is 4.68. The number of hydrogen-bond donors (Lipinski definition) is 1. The van der Waals surface area contributed by atoms with Gasteiger partial charge in [-0.05, 0) is 84.3 Å². The van der Waals surface area contributed by atoms with Gasteiger partial charge in [0.15, 0.2) is 11.5 Å². The second-order valence-corrected chi connectivity index (χ2v) is 11.5. The molecule has 2 aliphatic rings. The molecule has 1 aromatic carbocycles. The Morgan fingerprint density at radius 1 is 1.02 bits per heavy atom. The van der Waals surface area contributed by atoms with Crippen molar-refractivity contribution in [1.29, 1.82) is 0 Å². The van der Waals surface area contributed by atoms with Gasteiger partial charge in [-0.25, -0.2) is 0 Å². The lowest BCUT2D eigenvalue weighted by molar-refractivity contribution is -0.128. The molecule has 0 bridgehead atoms. The molecule has 1 saturated heterocycles. The molecule has 1 atom stereocenters. The number of carbonyl (C=O) groups is 3. The zero-order chi connectivity index (χ0) is 32.2. The Hall–Kier alpha value is -2.69. The van der Waals surface area contributed by atoms with Gasteiger partial charge in [-0.2, -0.15) is 0 Å². The molecule has 2 amide bonds. The highest BCUT2D eigenvalue weighted by atomic mass is 16.5. The summed E-state index contributed by atoms with van der Waals surface area (Å²) in [6.07, 6.45) is 8.25. The van der Waals surface area contributed by atoms with Gasteiger partial charge in [-0.1, -0.05) is 6.92 Å². The monoisotopic (exact) mass is 606 g/mol. The highest BCUT2D eigenvalue weighted by Gasteiger charge is 2.29. The van der Waals surface area contributed by atoms with Crippen LogP contribution in [0.1, 0.15) is 82.5 Å². The first-order valence-electron chi connectivity index (χ1n) is 15.8. The summed E-state index contributed by atoms with van der Waals surface area (Å²) < 4.78 is 16.2. The van der Waals surface area contributed by atoms with E-state index < -0.39 is 0 Å². The molecule has 2 fully saturated rings. The first-order chi connectivity index (χ1) is 20.6. The van der Waals surface area contributed by atoms with Crippen molar-refractivity contribution in [3.8, 4) is 11.5 Å². The van der Waals surface area contributed by atoms with Crippen molar-refractivity contribution in [2.24, 2.45) is 0 Å². The number of piperidine rings is 1. The first-order valence-corrected chi connectivity index (χ1v) is 15.8. The summed E-state index contributed by atoms with van der Waals surface area (Å²) in [6, 6.07) is 6.72. The van der Waals surface area contributed by atoms with Crippen LogP contribution in [-0.2, 0) is 14.3 Å². The van der Waals surface area contributed by atoms with Crippen LogP contribution in [0.2, 0.25) is 0 Å². The van der Waals surface area contributed by atoms with E-state index in [0.29, 0.717) is 49.5 Å². The largest absolute Gasteiger partial charge is 0.493 e. The van der Waals surface area contributed by atoms with E-state index in [-0.39, 0.29) is 23.9 Å². The van der Waals surface area contributed by atoms with Gasteiger partial charge < -0.3 is 39.0 Å². The third-order valence-corrected chi connectivity index (χ3v) is 7.50. The van der Waals surface area contributed by atoms with Gasteiger partial charge in [-0.15, -0.1) is 0 Å². The number of amides is 2. The number of ether oxygens (including phenoxy) is 3. The molecule has 1 aliphatic carbocycles. The average Bonchev–Trinajstić information content (AvgIpc) is 3.86. The Labute approximate surface area is 260 Å². The van der Waals surface area contributed by atoms with Crippen molar-refractivity contribution in [3.05, 3.63) is 23.8 Å². The molecule has 0 radical (unpaired) electrons. The lowest BCUT2D eigenvalue weighted by atomic mass is 10.0. The van der Waals surface area contributed by atoms with Gasteiger partial charge >= 0.3 is 0 Å². The van der Waals surface area contributed by atoms with Crippen LogP contribution >= 0.6 is 0 Å².